The fourth-order valence-corrected chi connectivity index (χ4v) is 3.42. The van der Waals surface area contributed by atoms with Crippen LogP contribution in [0.1, 0.15) is 32.6 Å². The Kier molecular flexibility index (Phi) is 4.28. The van der Waals surface area contributed by atoms with Crippen LogP contribution in [0.15, 0.2) is 30.5 Å². The highest BCUT2D eigenvalue weighted by molar-refractivity contribution is 5.95. The van der Waals surface area contributed by atoms with Crippen molar-refractivity contribution in [2.75, 3.05) is 19.0 Å². The third-order valence-electron chi connectivity index (χ3n) is 4.81. The Labute approximate surface area is 126 Å². The fourth-order valence-electron chi connectivity index (χ4n) is 3.42. The van der Waals surface area contributed by atoms with Crippen LogP contribution in [0.3, 0.4) is 0 Å². The summed E-state index contributed by atoms with van der Waals surface area (Å²) in [6, 6.07) is 8.15. The van der Waals surface area contributed by atoms with Gasteiger partial charge in [0.05, 0.1) is 7.11 Å². The molecule has 1 saturated carbocycles. The van der Waals surface area contributed by atoms with Crippen LogP contribution in [-0.2, 0) is 0 Å². The molecule has 0 radical (unpaired) electrons. The van der Waals surface area contributed by atoms with E-state index in [-0.39, 0.29) is 0 Å². The molecule has 0 amide bonds. The summed E-state index contributed by atoms with van der Waals surface area (Å²) in [5.41, 5.74) is 0. The minimum atomic E-state index is 0.765. The van der Waals surface area contributed by atoms with Crippen molar-refractivity contribution in [3.8, 4) is 5.75 Å². The van der Waals surface area contributed by atoms with Crippen molar-refractivity contribution in [2.45, 2.75) is 32.6 Å². The van der Waals surface area contributed by atoms with Gasteiger partial charge in [-0.3, -0.25) is 0 Å². The number of methoxy groups -OCH3 is 1. The summed E-state index contributed by atoms with van der Waals surface area (Å²) in [5, 5.41) is 5.83. The number of anilines is 1. The van der Waals surface area contributed by atoms with Gasteiger partial charge < -0.3 is 10.1 Å². The Morgan fingerprint density at radius 2 is 2.05 bits per heavy atom. The molecule has 2 unspecified atom stereocenters. The van der Waals surface area contributed by atoms with Gasteiger partial charge in [-0.05, 0) is 30.4 Å². The molecule has 2 atom stereocenters. The molecule has 1 aromatic heterocycles. The van der Waals surface area contributed by atoms with E-state index in [2.05, 4.69) is 23.3 Å². The first-order chi connectivity index (χ1) is 10.3. The first kappa shape index (κ1) is 14.2. The lowest BCUT2D eigenvalue weighted by Gasteiger charge is -2.29. The molecule has 1 aromatic carbocycles. The third-order valence-corrected chi connectivity index (χ3v) is 4.81. The molecular formula is C18H24N2O. The lowest BCUT2D eigenvalue weighted by molar-refractivity contribution is 0.268. The molecule has 1 aliphatic rings. The van der Waals surface area contributed by atoms with E-state index in [1.807, 2.05) is 24.4 Å². The van der Waals surface area contributed by atoms with Crippen LogP contribution in [-0.4, -0.2) is 18.6 Å². The Hall–Kier alpha value is -1.77. The zero-order chi connectivity index (χ0) is 14.7. The van der Waals surface area contributed by atoms with Gasteiger partial charge in [0.15, 0.2) is 0 Å². The third kappa shape index (κ3) is 2.97. The van der Waals surface area contributed by atoms with Gasteiger partial charge in [-0.2, -0.15) is 0 Å². The van der Waals surface area contributed by atoms with Gasteiger partial charge >= 0.3 is 0 Å². The lowest BCUT2D eigenvalue weighted by atomic mass is 9.80. The summed E-state index contributed by atoms with van der Waals surface area (Å²) < 4.78 is 5.44. The monoisotopic (exact) mass is 284 g/mol. The average Bonchev–Trinajstić information content (AvgIpc) is 2.53. The van der Waals surface area contributed by atoms with Gasteiger partial charge in [-0.1, -0.05) is 38.3 Å². The van der Waals surface area contributed by atoms with E-state index >= 15 is 0 Å². The number of hydrogen-bond donors (Lipinski definition) is 1. The molecular weight excluding hydrogens is 260 g/mol. The molecule has 1 fully saturated rings. The van der Waals surface area contributed by atoms with Crippen LogP contribution < -0.4 is 10.1 Å². The number of ether oxygens (including phenoxy) is 1. The second-order valence-corrected chi connectivity index (χ2v) is 6.12. The summed E-state index contributed by atoms with van der Waals surface area (Å²) in [5.74, 6) is 3.46. The minimum absolute atomic E-state index is 0.765. The summed E-state index contributed by atoms with van der Waals surface area (Å²) in [4.78, 5) is 4.53. The number of benzene rings is 1. The average molecular weight is 284 g/mol. The van der Waals surface area contributed by atoms with Crippen LogP contribution >= 0.6 is 0 Å². The highest BCUT2D eigenvalue weighted by Gasteiger charge is 2.21. The molecule has 0 spiro atoms. The minimum Gasteiger partial charge on any atom is -0.496 e. The molecule has 1 N–H and O–H groups in total. The zero-order valence-electron chi connectivity index (χ0n) is 12.9. The van der Waals surface area contributed by atoms with E-state index in [0.717, 1.165) is 40.7 Å². The number of pyridine rings is 1. The van der Waals surface area contributed by atoms with Gasteiger partial charge in [0.25, 0.3) is 0 Å². The molecule has 0 saturated heterocycles. The fraction of sp³-hybridized carbons (Fsp3) is 0.500. The molecule has 3 heteroatoms. The Balaban J connectivity index is 1.80. The molecule has 0 bridgehead atoms. The predicted molar refractivity (Wildman–Crippen MR) is 87.9 cm³/mol. The molecule has 2 aromatic rings. The second kappa shape index (κ2) is 6.33. The predicted octanol–water partition coefficient (Wildman–Crippen LogP) is 4.48. The van der Waals surface area contributed by atoms with Crippen molar-refractivity contribution in [1.29, 1.82) is 0 Å². The lowest BCUT2D eigenvalue weighted by Crippen LogP contribution is -2.24. The van der Waals surface area contributed by atoms with Crippen molar-refractivity contribution >= 4 is 16.6 Å². The topological polar surface area (TPSA) is 34.1 Å². The van der Waals surface area contributed by atoms with E-state index in [1.54, 1.807) is 7.11 Å². The normalized spacial score (nSPS) is 22.2. The number of hydrogen-bond acceptors (Lipinski definition) is 3. The van der Waals surface area contributed by atoms with Gasteiger partial charge in [0, 0.05) is 23.5 Å². The Bertz CT molecular complexity index is 611. The van der Waals surface area contributed by atoms with Crippen LogP contribution in [0.2, 0.25) is 0 Å². The van der Waals surface area contributed by atoms with Gasteiger partial charge in [-0.15, -0.1) is 0 Å². The van der Waals surface area contributed by atoms with Crippen LogP contribution in [0.4, 0.5) is 5.82 Å². The van der Waals surface area contributed by atoms with Crippen LogP contribution in [0.25, 0.3) is 10.8 Å². The van der Waals surface area contributed by atoms with E-state index in [1.165, 1.54) is 25.7 Å². The highest BCUT2D eigenvalue weighted by Crippen LogP contribution is 2.32. The summed E-state index contributed by atoms with van der Waals surface area (Å²) in [7, 11) is 1.71. The van der Waals surface area contributed by atoms with Crippen molar-refractivity contribution in [1.82, 2.24) is 4.98 Å². The molecule has 1 heterocycles. The van der Waals surface area contributed by atoms with Crippen molar-refractivity contribution in [3.05, 3.63) is 30.5 Å². The Morgan fingerprint density at radius 1 is 1.19 bits per heavy atom. The van der Waals surface area contributed by atoms with E-state index < -0.39 is 0 Å². The van der Waals surface area contributed by atoms with Crippen molar-refractivity contribution in [3.63, 3.8) is 0 Å². The zero-order valence-corrected chi connectivity index (χ0v) is 12.9. The molecule has 21 heavy (non-hydrogen) atoms. The molecule has 3 rings (SSSR count). The maximum atomic E-state index is 5.44. The first-order valence-electron chi connectivity index (χ1n) is 7.95. The number of nitrogens with zero attached hydrogens (tertiary/aromatic N) is 1. The van der Waals surface area contributed by atoms with Crippen molar-refractivity contribution in [2.24, 2.45) is 11.8 Å². The summed E-state index contributed by atoms with van der Waals surface area (Å²) in [6.07, 6.45) is 7.32. The maximum Gasteiger partial charge on any atom is 0.133 e. The number of nitrogens with one attached hydrogen (secondary N) is 1. The van der Waals surface area contributed by atoms with Gasteiger partial charge in [0.1, 0.15) is 11.6 Å². The highest BCUT2D eigenvalue weighted by atomic mass is 16.5. The number of aromatic nitrogens is 1. The van der Waals surface area contributed by atoms with Crippen LogP contribution in [0.5, 0.6) is 5.75 Å². The van der Waals surface area contributed by atoms with Crippen LogP contribution in [0, 0.1) is 11.8 Å². The number of rotatable bonds is 4. The summed E-state index contributed by atoms with van der Waals surface area (Å²) >= 11 is 0. The summed E-state index contributed by atoms with van der Waals surface area (Å²) in [6.45, 7) is 3.40. The van der Waals surface area contributed by atoms with E-state index in [0.29, 0.717) is 0 Å². The Morgan fingerprint density at radius 3 is 2.86 bits per heavy atom. The molecule has 0 aliphatic heterocycles. The van der Waals surface area contributed by atoms with Gasteiger partial charge in [0.2, 0.25) is 0 Å². The first-order valence-corrected chi connectivity index (χ1v) is 7.95. The number of fused-ring (bicyclic) bond motifs is 1. The van der Waals surface area contributed by atoms with Gasteiger partial charge in [-0.25, -0.2) is 4.98 Å². The quantitative estimate of drug-likeness (QED) is 0.898. The standard InChI is InChI=1S/C18H24N2O/c1-13-6-3-4-7-14(13)12-20-18-16-8-5-9-17(21-2)15(16)10-11-19-18/h5,8-11,13-14H,3-4,6-7,12H2,1-2H3,(H,19,20). The van der Waals surface area contributed by atoms with E-state index in [4.69, 9.17) is 4.74 Å². The molecule has 1 aliphatic carbocycles. The second-order valence-electron chi connectivity index (χ2n) is 6.12. The smallest absolute Gasteiger partial charge is 0.133 e. The van der Waals surface area contributed by atoms with Crippen molar-refractivity contribution < 1.29 is 4.74 Å². The van der Waals surface area contributed by atoms with E-state index in [9.17, 15) is 0 Å². The largest absolute Gasteiger partial charge is 0.496 e. The molecule has 112 valence electrons. The SMILES string of the molecule is COc1cccc2c(NCC3CCCCC3C)nccc12. The molecule has 3 nitrogen and oxygen atoms in total. The maximum absolute atomic E-state index is 5.44.